The van der Waals surface area contributed by atoms with Crippen LogP contribution in [0.1, 0.15) is 40.5 Å². The summed E-state index contributed by atoms with van der Waals surface area (Å²) in [6.45, 7) is 16.0. The highest BCUT2D eigenvalue weighted by Crippen LogP contribution is 2.34. The SMILES string of the molecule is C=C(C)C1CC1.C=C(Nc1ccncn1)\C(C)=C(C)/C=C\C=C/C. The van der Waals surface area contributed by atoms with E-state index in [2.05, 4.69) is 48.4 Å². The van der Waals surface area contributed by atoms with Gasteiger partial charge >= 0.3 is 0 Å². The molecule has 0 aliphatic heterocycles. The first kappa shape index (κ1) is 19.6. The predicted molar refractivity (Wildman–Crippen MR) is 105 cm³/mol. The Hall–Kier alpha value is -2.42. The quantitative estimate of drug-likeness (QED) is 0.527. The van der Waals surface area contributed by atoms with Gasteiger partial charge in [-0.2, -0.15) is 0 Å². The minimum atomic E-state index is 0.750. The van der Waals surface area contributed by atoms with Crippen LogP contribution in [0, 0.1) is 5.92 Å². The van der Waals surface area contributed by atoms with Gasteiger partial charge in [-0.3, -0.25) is 0 Å². The molecule has 3 heteroatoms. The Labute approximate surface area is 146 Å². The molecule has 0 bridgehead atoms. The third-order valence-corrected chi connectivity index (χ3v) is 3.83. The zero-order valence-electron chi connectivity index (χ0n) is 15.3. The molecule has 0 saturated heterocycles. The largest absolute Gasteiger partial charge is 0.340 e. The maximum absolute atomic E-state index is 4.10. The van der Waals surface area contributed by atoms with Crippen molar-refractivity contribution < 1.29 is 0 Å². The Morgan fingerprint density at radius 2 is 1.92 bits per heavy atom. The second-order valence-electron chi connectivity index (χ2n) is 6.01. The number of aromatic nitrogens is 2. The van der Waals surface area contributed by atoms with Crippen LogP contribution in [0.5, 0.6) is 0 Å². The first-order valence-corrected chi connectivity index (χ1v) is 8.30. The summed E-state index contributed by atoms with van der Waals surface area (Å²) in [5.74, 6) is 1.66. The Balaban J connectivity index is 0.000000400. The lowest BCUT2D eigenvalue weighted by Crippen LogP contribution is -2.02. The molecule has 3 nitrogen and oxygen atoms in total. The Morgan fingerprint density at radius 1 is 1.21 bits per heavy atom. The number of nitrogens with one attached hydrogen (secondary N) is 1. The number of hydrogen-bond acceptors (Lipinski definition) is 3. The number of anilines is 1. The molecule has 2 rings (SSSR count). The lowest BCUT2D eigenvalue weighted by atomic mass is 10.1. The molecule has 1 N–H and O–H groups in total. The van der Waals surface area contributed by atoms with E-state index >= 15 is 0 Å². The van der Waals surface area contributed by atoms with Crippen molar-refractivity contribution in [2.75, 3.05) is 5.32 Å². The van der Waals surface area contributed by atoms with Crippen LogP contribution in [0.2, 0.25) is 0 Å². The van der Waals surface area contributed by atoms with Gasteiger partial charge < -0.3 is 5.32 Å². The summed E-state index contributed by atoms with van der Waals surface area (Å²) in [4.78, 5) is 7.97. The standard InChI is InChI=1S/C15H19N3.C6H10/c1-5-6-7-8-12(2)13(3)14(4)18-15-9-10-16-11-17-15;1-5(2)6-3-4-6/h5-11H,4H2,1-3H3,(H,16,17,18);6H,1,3-4H2,2H3/b6-5-,8-7-,13-12-;. The van der Waals surface area contributed by atoms with Gasteiger partial charge in [-0.25, -0.2) is 9.97 Å². The molecular weight excluding hydrogens is 294 g/mol. The van der Waals surface area contributed by atoms with Gasteiger partial charge in [0.2, 0.25) is 0 Å². The molecule has 0 unspecified atom stereocenters. The molecule has 1 aliphatic carbocycles. The molecule has 0 radical (unpaired) electrons. The minimum Gasteiger partial charge on any atom is -0.340 e. The lowest BCUT2D eigenvalue weighted by molar-refractivity contribution is 1.02. The van der Waals surface area contributed by atoms with Gasteiger partial charge in [0.15, 0.2) is 0 Å². The molecule has 1 aromatic heterocycles. The molecule has 128 valence electrons. The fourth-order valence-corrected chi connectivity index (χ4v) is 1.86. The van der Waals surface area contributed by atoms with Crippen molar-refractivity contribution in [3.05, 3.63) is 78.5 Å². The van der Waals surface area contributed by atoms with Crippen LogP contribution in [0.3, 0.4) is 0 Å². The van der Waals surface area contributed by atoms with Gasteiger partial charge in [-0.15, -0.1) is 0 Å². The Kier molecular flexibility index (Phi) is 8.48. The van der Waals surface area contributed by atoms with Crippen molar-refractivity contribution in [1.29, 1.82) is 0 Å². The summed E-state index contributed by atoms with van der Waals surface area (Å²) in [7, 11) is 0. The van der Waals surface area contributed by atoms with Gasteiger partial charge in [0.25, 0.3) is 0 Å². The zero-order chi connectivity index (χ0) is 17.9. The van der Waals surface area contributed by atoms with Crippen molar-refractivity contribution in [2.24, 2.45) is 5.92 Å². The second kappa shape index (κ2) is 10.4. The van der Waals surface area contributed by atoms with E-state index in [-0.39, 0.29) is 0 Å². The van der Waals surface area contributed by atoms with E-state index in [4.69, 9.17) is 0 Å². The molecule has 1 saturated carbocycles. The summed E-state index contributed by atoms with van der Waals surface area (Å²) in [6, 6.07) is 1.81. The van der Waals surface area contributed by atoms with Crippen molar-refractivity contribution in [3.63, 3.8) is 0 Å². The maximum Gasteiger partial charge on any atom is 0.133 e. The van der Waals surface area contributed by atoms with Gasteiger partial charge in [-0.05, 0) is 63.7 Å². The van der Waals surface area contributed by atoms with Crippen molar-refractivity contribution in [2.45, 2.75) is 40.5 Å². The highest BCUT2D eigenvalue weighted by atomic mass is 15.0. The van der Waals surface area contributed by atoms with Crippen LogP contribution in [0.15, 0.2) is 78.5 Å². The van der Waals surface area contributed by atoms with E-state index in [9.17, 15) is 0 Å². The average Bonchev–Trinajstić information content (AvgIpc) is 3.41. The Bertz CT molecular complexity index is 632. The molecule has 1 aliphatic rings. The highest BCUT2D eigenvalue weighted by molar-refractivity contribution is 5.48. The number of rotatable bonds is 6. The molecular formula is C21H29N3. The average molecular weight is 323 g/mol. The summed E-state index contributed by atoms with van der Waals surface area (Å²) < 4.78 is 0. The lowest BCUT2D eigenvalue weighted by Gasteiger charge is -2.10. The van der Waals surface area contributed by atoms with Crippen LogP contribution in [0.25, 0.3) is 0 Å². The molecule has 0 aromatic carbocycles. The van der Waals surface area contributed by atoms with E-state index in [0.717, 1.165) is 23.0 Å². The summed E-state index contributed by atoms with van der Waals surface area (Å²) >= 11 is 0. The molecule has 1 fully saturated rings. The molecule has 24 heavy (non-hydrogen) atoms. The third-order valence-electron chi connectivity index (χ3n) is 3.83. The van der Waals surface area contributed by atoms with Crippen molar-refractivity contribution in [3.8, 4) is 0 Å². The third kappa shape index (κ3) is 7.73. The summed E-state index contributed by atoms with van der Waals surface area (Å²) in [5.41, 5.74) is 4.49. The molecule has 0 atom stereocenters. The second-order valence-corrected chi connectivity index (χ2v) is 6.01. The van der Waals surface area contributed by atoms with Gasteiger partial charge in [-0.1, -0.05) is 43.0 Å². The smallest absolute Gasteiger partial charge is 0.133 e. The first-order valence-electron chi connectivity index (χ1n) is 8.30. The number of allylic oxidation sites excluding steroid dienone is 7. The van der Waals surface area contributed by atoms with Crippen LogP contribution >= 0.6 is 0 Å². The topological polar surface area (TPSA) is 37.8 Å². The van der Waals surface area contributed by atoms with E-state index in [1.165, 1.54) is 30.3 Å². The number of nitrogens with zero attached hydrogens (tertiary/aromatic N) is 2. The van der Waals surface area contributed by atoms with E-state index in [0.29, 0.717) is 0 Å². The fourth-order valence-electron chi connectivity index (χ4n) is 1.86. The number of hydrogen-bond donors (Lipinski definition) is 1. The summed E-state index contributed by atoms with van der Waals surface area (Å²) in [5, 5.41) is 3.16. The van der Waals surface area contributed by atoms with E-state index in [1.807, 2.05) is 38.1 Å². The zero-order valence-corrected chi connectivity index (χ0v) is 15.3. The fraction of sp³-hybridized carbons (Fsp3) is 0.333. The predicted octanol–water partition coefficient (Wildman–Crippen LogP) is 5.84. The molecule has 0 amide bonds. The molecule has 0 spiro atoms. The molecule has 1 heterocycles. The van der Waals surface area contributed by atoms with E-state index in [1.54, 1.807) is 6.20 Å². The minimum absolute atomic E-state index is 0.750. The van der Waals surface area contributed by atoms with Crippen LogP contribution in [0.4, 0.5) is 5.82 Å². The van der Waals surface area contributed by atoms with Gasteiger partial charge in [0.1, 0.15) is 12.1 Å². The van der Waals surface area contributed by atoms with Crippen molar-refractivity contribution >= 4 is 5.82 Å². The normalized spacial score (nSPS) is 14.8. The van der Waals surface area contributed by atoms with Gasteiger partial charge in [0.05, 0.1) is 0 Å². The summed E-state index contributed by atoms with van der Waals surface area (Å²) in [6.07, 6.45) is 14.1. The van der Waals surface area contributed by atoms with Crippen LogP contribution < -0.4 is 5.32 Å². The first-order chi connectivity index (χ1) is 11.5. The van der Waals surface area contributed by atoms with Crippen LogP contribution in [-0.4, -0.2) is 9.97 Å². The Morgan fingerprint density at radius 3 is 2.38 bits per heavy atom. The van der Waals surface area contributed by atoms with Crippen LogP contribution in [-0.2, 0) is 0 Å². The van der Waals surface area contributed by atoms with E-state index < -0.39 is 0 Å². The van der Waals surface area contributed by atoms with Crippen molar-refractivity contribution in [1.82, 2.24) is 9.97 Å². The monoisotopic (exact) mass is 323 g/mol. The highest BCUT2D eigenvalue weighted by Gasteiger charge is 2.20. The maximum atomic E-state index is 4.10. The van der Waals surface area contributed by atoms with Gasteiger partial charge in [0, 0.05) is 11.9 Å². The molecule has 1 aromatic rings.